The van der Waals surface area contributed by atoms with Gasteiger partial charge in [-0.25, -0.2) is 0 Å². The van der Waals surface area contributed by atoms with Gasteiger partial charge in [0.05, 0.1) is 7.11 Å². The summed E-state index contributed by atoms with van der Waals surface area (Å²) in [7, 11) is 3.54. The number of aryl methyl sites for hydroxylation is 2. The Kier molecular flexibility index (Phi) is 3.27. The van der Waals surface area contributed by atoms with Crippen molar-refractivity contribution in [3.8, 4) is 5.75 Å². The largest absolute Gasteiger partial charge is 0.497 e. The second-order valence-corrected chi connectivity index (χ2v) is 3.88. The molecular weight excluding hydrogens is 216 g/mol. The standard InChI is InChI=1S/C12H16N4O/c1-16-11(14-15-12(16)13)7-6-9-4-3-5-10(8-9)17-2/h3-5,8H,6-7H2,1-2H3,(H2,13,15). The van der Waals surface area contributed by atoms with E-state index in [1.807, 2.05) is 25.2 Å². The van der Waals surface area contributed by atoms with E-state index in [0.717, 1.165) is 24.4 Å². The molecule has 0 saturated carbocycles. The fourth-order valence-corrected chi connectivity index (χ4v) is 1.68. The highest BCUT2D eigenvalue weighted by Crippen LogP contribution is 2.14. The SMILES string of the molecule is COc1cccc(CCc2nnc(N)n2C)c1. The Morgan fingerprint density at radius 3 is 2.76 bits per heavy atom. The molecule has 1 heterocycles. The molecule has 90 valence electrons. The molecule has 0 spiro atoms. The number of hydrogen-bond donors (Lipinski definition) is 1. The van der Waals surface area contributed by atoms with E-state index < -0.39 is 0 Å². The zero-order chi connectivity index (χ0) is 12.3. The van der Waals surface area contributed by atoms with Gasteiger partial charge in [0, 0.05) is 13.5 Å². The van der Waals surface area contributed by atoms with Crippen LogP contribution < -0.4 is 10.5 Å². The van der Waals surface area contributed by atoms with Crippen LogP contribution in [0, 0.1) is 0 Å². The van der Waals surface area contributed by atoms with Gasteiger partial charge in [-0.15, -0.1) is 10.2 Å². The molecule has 17 heavy (non-hydrogen) atoms. The smallest absolute Gasteiger partial charge is 0.221 e. The van der Waals surface area contributed by atoms with Crippen molar-refractivity contribution in [2.24, 2.45) is 7.05 Å². The number of methoxy groups -OCH3 is 1. The number of anilines is 1. The summed E-state index contributed by atoms with van der Waals surface area (Å²) in [4.78, 5) is 0. The zero-order valence-corrected chi connectivity index (χ0v) is 10.1. The van der Waals surface area contributed by atoms with Gasteiger partial charge in [0.15, 0.2) is 0 Å². The molecule has 0 atom stereocenters. The highest BCUT2D eigenvalue weighted by Gasteiger charge is 2.05. The minimum Gasteiger partial charge on any atom is -0.497 e. The van der Waals surface area contributed by atoms with E-state index in [2.05, 4.69) is 16.3 Å². The Morgan fingerprint density at radius 1 is 1.29 bits per heavy atom. The third-order valence-corrected chi connectivity index (χ3v) is 2.77. The van der Waals surface area contributed by atoms with Crippen LogP contribution in [0.2, 0.25) is 0 Å². The first-order valence-corrected chi connectivity index (χ1v) is 5.47. The lowest BCUT2D eigenvalue weighted by atomic mass is 10.1. The second-order valence-electron chi connectivity index (χ2n) is 3.88. The zero-order valence-electron chi connectivity index (χ0n) is 10.1. The quantitative estimate of drug-likeness (QED) is 0.860. The second kappa shape index (κ2) is 4.86. The summed E-state index contributed by atoms with van der Waals surface area (Å²) in [6, 6.07) is 8.02. The van der Waals surface area contributed by atoms with Crippen LogP contribution in [-0.4, -0.2) is 21.9 Å². The number of nitrogen functional groups attached to an aromatic ring is 1. The first kappa shape index (κ1) is 11.4. The van der Waals surface area contributed by atoms with Crippen LogP contribution in [0.15, 0.2) is 24.3 Å². The summed E-state index contributed by atoms with van der Waals surface area (Å²) in [5, 5.41) is 7.86. The van der Waals surface area contributed by atoms with Crippen LogP contribution >= 0.6 is 0 Å². The molecule has 0 bridgehead atoms. The Morgan fingerprint density at radius 2 is 2.12 bits per heavy atom. The molecule has 0 fully saturated rings. The number of nitrogens with zero attached hydrogens (tertiary/aromatic N) is 3. The maximum Gasteiger partial charge on any atom is 0.221 e. The maximum absolute atomic E-state index is 5.62. The minimum absolute atomic E-state index is 0.450. The number of rotatable bonds is 4. The van der Waals surface area contributed by atoms with E-state index in [1.165, 1.54) is 5.56 Å². The van der Waals surface area contributed by atoms with Crippen LogP contribution in [0.1, 0.15) is 11.4 Å². The predicted molar refractivity (Wildman–Crippen MR) is 65.8 cm³/mol. The molecule has 2 aromatic rings. The van der Waals surface area contributed by atoms with Crippen molar-refractivity contribution in [2.75, 3.05) is 12.8 Å². The van der Waals surface area contributed by atoms with E-state index in [0.29, 0.717) is 5.95 Å². The Bertz CT molecular complexity index is 507. The van der Waals surface area contributed by atoms with E-state index in [4.69, 9.17) is 10.5 Å². The van der Waals surface area contributed by atoms with Crippen molar-refractivity contribution in [3.63, 3.8) is 0 Å². The van der Waals surface area contributed by atoms with Gasteiger partial charge in [-0.2, -0.15) is 0 Å². The van der Waals surface area contributed by atoms with Crippen molar-refractivity contribution < 1.29 is 4.74 Å². The van der Waals surface area contributed by atoms with Gasteiger partial charge < -0.3 is 15.0 Å². The van der Waals surface area contributed by atoms with Gasteiger partial charge >= 0.3 is 0 Å². The minimum atomic E-state index is 0.450. The third kappa shape index (κ3) is 2.55. The fourth-order valence-electron chi connectivity index (χ4n) is 1.68. The molecule has 5 nitrogen and oxygen atoms in total. The van der Waals surface area contributed by atoms with Gasteiger partial charge in [-0.3, -0.25) is 0 Å². The van der Waals surface area contributed by atoms with Crippen LogP contribution in [0.25, 0.3) is 0 Å². The molecule has 0 aliphatic rings. The van der Waals surface area contributed by atoms with Gasteiger partial charge in [0.25, 0.3) is 0 Å². The summed E-state index contributed by atoms with van der Waals surface area (Å²) < 4.78 is 6.99. The highest BCUT2D eigenvalue weighted by molar-refractivity contribution is 5.29. The van der Waals surface area contributed by atoms with Crippen molar-refractivity contribution >= 4 is 5.95 Å². The Labute approximate surface area is 100 Å². The molecule has 0 amide bonds. The van der Waals surface area contributed by atoms with E-state index in [9.17, 15) is 0 Å². The topological polar surface area (TPSA) is 66.0 Å². The average Bonchev–Trinajstić information content (AvgIpc) is 2.68. The molecule has 0 aliphatic heterocycles. The molecule has 2 rings (SSSR count). The molecule has 1 aromatic heterocycles. The van der Waals surface area contributed by atoms with Gasteiger partial charge in [-0.05, 0) is 24.1 Å². The Balaban J connectivity index is 2.04. The van der Waals surface area contributed by atoms with Crippen molar-refractivity contribution in [2.45, 2.75) is 12.8 Å². The third-order valence-electron chi connectivity index (χ3n) is 2.77. The molecule has 0 aliphatic carbocycles. The van der Waals surface area contributed by atoms with Crippen molar-refractivity contribution in [1.82, 2.24) is 14.8 Å². The van der Waals surface area contributed by atoms with Crippen LogP contribution in [0.5, 0.6) is 5.75 Å². The van der Waals surface area contributed by atoms with E-state index in [1.54, 1.807) is 11.7 Å². The molecule has 1 aromatic carbocycles. The maximum atomic E-state index is 5.62. The first-order chi connectivity index (χ1) is 8.20. The lowest BCUT2D eigenvalue weighted by molar-refractivity contribution is 0.414. The normalized spacial score (nSPS) is 10.5. The summed E-state index contributed by atoms with van der Waals surface area (Å²) in [6.07, 6.45) is 1.71. The van der Waals surface area contributed by atoms with E-state index in [-0.39, 0.29) is 0 Å². The number of hydrogen-bond acceptors (Lipinski definition) is 4. The lowest BCUT2D eigenvalue weighted by Crippen LogP contribution is -2.03. The fraction of sp³-hybridized carbons (Fsp3) is 0.333. The average molecular weight is 232 g/mol. The number of ether oxygens (including phenoxy) is 1. The Hall–Kier alpha value is -2.04. The predicted octanol–water partition coefficient (Wildman–Crippen LogP) is 1.19. The van der Waals surface area contributed by atoms with Crippen LogP contribution in [0.3, 0.4) is 0 Å². The van der Waals surface area contributed by atoms with E-state index >= 15 is 0 Å². The molecule has 0 unspecified atom stereocenters. The van der Waals surface area contributed by atoms with Gasteiger partial charge in [0.2, 0.25) is 5.95 Å². The lowest BCUT2D eigenvalue weighted by Gasteiger charge is -2.04. The van der Waals surface area contributed by atoms with Crippen molar-refractivity contribution in [3.05, 3.63) is 35.7 Å². The summed E-state index contributed by atoms with van der Waals surface area (Å²) in [6.45, 7) is 0. The van der Waals surface area contributed by atoms with Gasteiger partial charge in [0.1, 0.15) is 11.6 Å². The summed E-state index contributed by atoms with van der Waals surface area (Å²) in [5.74, 6) is 2.22. The molecular formula is C12H16N4O. The highest BCUT2D eigenvalue weighted by atomic mass is 16.5. The van der Waals surface area contributed by atoms with Crippen molar-refractivity contribution in [1.29, 1.82) is 0 Å². The van der Waals surface area contributed by atoms with Crippen LogP contribution in [-0.2, 0) is 19.9 Å². The number of aromatic nitrogens is 3. The summed E-state index contributed by atoms with van der Waals surface area (Å²) in [5.41, 5.74) is 6.84. The molecule has 5 heteroatoms. The number of benzene rings is 1. The monoisotopic (exact) mass is 232 g/mol. The molecule has 0 saturated heterocycles. The first-order valence-electron chi connectivity index (χ1n) is 5.47. The number of nitrogens with two attached hydrogens (primary N) is 1. The molecule has 2 N–H and O–H groups in total. The van der Waals surface area contributed by atoms with Crippen LogP contribution in [0.4, 0.5) is 5.95 Å². The van der Waals surface area contributed by atoms with Gasteiger partial charge in [-0.1, -0.05) is 12.1 Å². The summed E-state index contributed by atoms with van der Waals surface area (Å²) >= 11 is 0. The molecule has 0 radical (unpaired) electrons.